The number of amides is 1. The van der Waals surface area contributed by atoms with Gasteiger partial charge in [0.25, 0.3) is 11.7 Å². The van der Waals surface area contributed by atoms with E-state index in [2.05, 4.69) is 4.98 Å². The molecule has 1 aliphatic rings. The van der Waals surface area contributed by atoms with E-state index in [4.69, 9.17) is 32.7 Å². The molecule has 2 heterocycles. The molecule has 1 amide bonds. The molecule has 4 rings (SSSR count). The van der Waals surface area contributed by atoms with Crippen LogP contribution in [-0.2, 0) is 14.3 Å². The Bertz CT molecular complexity index is 1290. The van der Waals surface area contributed by atoms with Crippen LogP contribution in [0.5, 0.6) is 5.75 Å². The minimum absolute atomic E-state index is 0.0208. The van der Waals surface area contributed by atoms with Crippen LogP contribution < -0.4 is 4.74 Å². The first-order valence-electron chi connectivity index (χ1n) is 10.7. The Morgan fingerprint density at radius 2 is 1.82 bits per heavy atom. The molecule has 1 unspecified atom stereocenters. The number of nitrogens with zero attached hydrogens (tertiary/aromatic N) is 1. The Labute approximate surface area is 206 Å². The van der Waals surface area contributed by atoms with E-state index in [-0.39, 0.29) is 39.2 Å². The molecule has 0 radical (unpaired) electrons. The molecule has 7 nitrogen and oxygen atoms in total. The van der Waals surface area contributed by atoms with Gasteiger partial charge in [-0.1, -0.05) is 41.4 Å². The number of aromatic nitrogens is 1. The molecule has 2 aromatic carbocycles. The number of aryl methyl sites for hydroxylation is 1. The van der Waals surface area contributed by atoms with Crippen LogP contribution in [0.15, 0.2) is 42.0 Å². The van der Waals surface area contributed by atoms with E-state index in [1.807, 2.05) is 31.2 Å². The van der Waals surface area contributed by atoms with Crippen LogP contribution in [0.2, 0.25) is 10.0 Å². The summed E-state index contributed by atoms with van der Waals surface area (Å²) in [7, 11) is 3.00. The van der Waals surface area contributed by atoms with Gasteiger partial charge in [0.15, 0.2) is 5.75 Å². The molecule has 34 heavy (non-hydrogen) atoms. The number of fused-ring (bicyclic) bond motifs is 1. The van der Waals surface area contributed by atoms with Crippen LogP contribution in [0, 0.1) is 6.92 Å². The zero-order valence-corrected chi connectivity index (χ0v) is 20.5. The van der Waals surface area contributed by atoms with Crippen LogP contribution in [-0.4, -0.2) is 54.1 Å². The number of rotatable bonds is 7. The Morgan fingerprint density at radius 1 is 1.15 bits per heavy atom. The highest BCUT2D eigenvalue weighted by Gasteiger charge is 2.47. The molecule has 1 saturated heterocycles. The molecule has 0 aliphatic carbocycles. The molecule has 0 saturated carbocycles. The van der Waals surface area contributed by atoms with Crippen molar-refractivity contribution >= 4 is 51.6 Å². The highest BCUT2D eigenvalue weighted by molar-refractivity contribution is 6.47. The number of ketones is 1. The molecule has 1 atom stereocenters. The second kappa shape index (κ2) is 9.70. The molecular weight excluding hydrogens is 479 g/mol. The van der Waals surface area contributed by atoms with Crippen molar-refractivity contribution in [1.29, 1.82) is 0 Å². The maximum atomic E-state index is 13.3. The van der Waals surface area contributed by atoms with Crippen molar-refractivity contribution in [1.82, 2.24) is 9.88 Å². The standard InChI is InChI=1S/C25H24Cl2N2O5/c1-13-19(15-7-4-5-8-18(15)28-13)21-20(23(31)25(32)29(21)9-6-10-33-2)22(30)14-11-16(26)24(34-3)17(27)12-14/h4-5,7-8,11-12,21,28,30H,6,9-10H2,1-3H3/b22-20+. The molecule has 0 spiro atoms. The van der Waals surface area contributed by atoms with Gasteiger partial charge in [-0.25, -0.2) is 0 Å². The predicted molar refractivity (Wildman–Crippen MR) is 132 cm³/mol. The molecular formula is C25H24Cl2N2O5. The van der Waals surface area contributed by atoms with Gasteiger partial charge in [-0.05, 0) is 31.5 Å². The van der Waals surface area contributed by atoms with E-state index in [1.165, 1.54) is 24.1 Å². The number of hydrogen-bond acceptors (Lipinski definition) is 5. The van der Waals surface area contributed by atoms with Gasteiger partial charge >= 0.3 is 0 Å². The maximum Gasteiger partial charge on any atom is 0.295 e. The van der Waals surface area contributed by atoms with E-state index in [9.17, 15) is 14.7 Å². The minimum Gasteiger partial charge on any atom is -0.507 e. The van der Waals surface area contributed by atoms with Gasteiger partial charge in [-0.2, -0.15) is 0 Å². The molecule has 9 heteroatoms. The van der Waals surface area contributed by atoms with Crippen molar-refractivity contribution in [2.75, 3.05) is 27.4 Å². The molecule has 1 aromatic heterocycles. The van der Waals surface area contributed by atoms with Crippen molar-refractivity contribution in [3.63, 3.8) is 0 Å². The number of methoxy groups -OCH3 is 2. The summed E-state index contributed by atoms with van der Waals surface area (Å²) in [5.74, 6) is -1.55. The molecule has 1 aliphatic heterocycles. The number of carbonyl (C=O) groups is 2. The van der Waals surface area contributed by atoms with E-state index in [0.717, 1.165) is 22.2 Å². The number of carbonyl (C=O) groups excluding carboxylic acids is 2. The lowest BCUT2D eigenvalue weighted by atomic mass is 9.93. The lowest BCUT2D eigenvalue weighted by Gasteiger charge is -2.25. The number of H-pyrrole nitrogens is 1. The zero-order chi connectivity index (χ0) is 24.6. The highest BCUT2D eigenvalue weighted by Crippen LogP contribution is 2.44. The first-order valence-corrected chi connectivity index (χ1v) is 11.4. The van der Waals surface area contributed by atoms with Gasteiger partial charge in [-0.3, -0.25) is 9.59 Å². The van der Waals surface area contributed by atoms with Crippen molar-refractivity contribution in [3.8, 4) is 5.75 Å². The second-order valence-corrected chi connectivity index (χ2v) is 8.84. The fourth-order valence-electron chi connectivity index (χ4n) is 4.49. The van der Waals surface area contributed by atoms with Gasteiger partial charge in [0.1, 0.15) is 5.76 Å². The quantitative estimate of drug-likeness (QED) is 0.199. The van der Waals surface area contributed by atoms with Crippen LogP contribution in [0.4, 0.5) is 0 Å². The zero-order valence-electron chi connectivity index (χ0n) is 18.9. The number of ether oxygens (including phenoxy) is 2. The van der Waals surface area contributed by atoms with E-state index in [1.54, 1.807) is 7.11 Å². The molecule has 3 aromatic rings. The van der Waals surface area contributed by atoms with Crippen molar-refractivity contribution in [2.45, 2.75) is 19.4 Å². The number of para-hydroxylation sites is 1. The third-order valence-corrected chi connectivity index (χ3v) is 6.54. The predicted octanol–water partition coefficient (Wildman–Crippen LogP) is 5.25. The molecule has 1 fully saturated rings. The number of nitrogens with one attached hydrogen (secondary N) is 1. The number of aliphatic hydroxyl groups is 1. The van der Waals surface area contributed by atoms with Crippen molar-refractivity contribution in [2.24, 2.45) is 0 Å². The lowest BCUT2D eigenvalue weighted by molar-refractivity contribution is -0.140. The normalized spacial score (nSPS) is 17.7. The Kier molecular flexibility index (Phi) is 6.89. The summed E-state index contributed by atoms with van der Waals surface area (Å²) < 4.78 is 10.3. The second-order valence-electron chi connectivity index (χ2n) is 8.02. The number of likely N-dealkylation sites (tertiary alicyclic amines) is 1. The third kappa shape index (κ3) is 4.04. The number of halogens is 2. The van der Waals surface area contributed by atoms with E-state index >= 15 is 0 Å². The van der Waals surface area contributed by atoms with Gasteiger partial charge in [-0.15, -0.1) is 0 Å². The highest BCUT2D eigenvalue weighted by atomic mass is 35.5. The topological polar surface area (TPSA) is 91.9 Å². The van der Waals surface area contributed by atoms with Gasteiger partial charge in [0, 0.05) is 48.0 Å². The number of aromatic amines is 1. The van der Waals surface area contributed by atoms with Gasteiger partial charge in [0.2, 0.25) is 0 Å². The Balaban J connectivity index is 1.95. The number of benzene rings is 2. The van der Waals surface area contributed by atoms with Crippen molar-refractivity contribution in [3.05, 3.63) is 68.8 Å². The van der Waals surface area contributed by atoms with Crippen molar-refractivity contribution < 1.29 is 24.2 Å². The fourth-order valence-corrected chi connectivity index (χ4v) is 5.13. The summed E-state index contributed by atoms with van der Waals surface area (Å²) in [6.45, 7) is 2.58. The number of Topliss-reactive ketones (excluding diaryl/α,β-unsaturated/α-hetero) is 1. The van der Waals surface area contributed by atoms with E-state index in [0.29, 0.717) is 13.0 Å². The van der Waals surface area contributed by atoms with Gasteiger partial charge < -0.3 is 24.5 Å². The van der Waals surface area contributed by atoms with Crippen LogP contribution in [0.3, 0.4) is 0 Å². The summed E-state index contributed by atoms with van der Waals surface area (Å²) in [5, 5.41) is 12.5. The molecule has 2 N–H and O–H groups in total. The summed E-state index contributed by atoms with van der Waals surface area (Å²) in [6.07, 6.45) is 0.529. The SMILES string of the molecule is COCCCN1C(=O)C(=O)/C(=C(/O)c2cc(Cl)c(OC)c(Cl)c2)C1c1c(C)[nH]c2ccccc12. The summed E-state index contributed by atoms with van der Waals surface area (Å²) >= 11 is 12.6. The number of aliphatic hydroxyl groups excluding tert-OH is 1. The van der Waals surface area contributed by atoms with Crippen LogP contribution in [0.1, 0.15) is 29.3 Å². The average Bonchev–Trinajstić information content (AvgIpc) is 3.26. The minimum atomic E-state index is -0.798. The first kappa shape index (κ1) is 24.1. The lowest BCUT2D eigenvalue weighted by Crippen LogP contribution is -2.31. The fraction of sp³-hybridized carbons (Fsp3) is 0.280. The van der Waals surface area contributed by atoms with E-state index < -0.39 is 17.7 Å². The average molecular weight is 503 g/mol. The largest absolute Gasteiger partial charge is 0.507 e. The molecule has 0 bridgehead atoms. The van der Waals surface area contributed by atoms with Crippen LogP contribution in [0.25, 0.3) is 16.7 Å². The maximum absolute atomic E-state index is 13.3. The molecule has 178 valence electrons. The Hall–Kier alpha value is -3.00. The summed E-state index contributed by atoms with van der Waals surface area (Å²) in [6, 6.07) is 9.75. The summed E-state index contributed by atoms with van der Waals surface area (Å²) in [5.41, 5.74) is 2.61. The smallest absolute Gasteiger partial charge is 0.295 e. The Morgan fingerprint density at radius 3 is 2.47 bits per heavy atom. The summed E-state index contributed by atoms with van der Waals surface area (Å²) in [4.78, 5) is 31.2. The monoisotopic (exact) mass is 502 g/mol. The first-order chi connectivity index (χ1) is 16.3. The van der Waals surface area contributed by atoms with Gasteiger partial charge in [0.05, 0.1) is 28.8 Å². The number of hydrogen-bond donors (Lipinski definition) is 2. The third-order valence-electron chi connectivity index (χ3n) is 5.98. The van der Waals surface area contributed by atoms with Crippen LogP contribution >= 0.6 is 23.2 Å².